The lowest BCUT2D eigenvalue weighted by Crippen LogP contribution is -2.51. The topological polar surface area (TPSA) is 109 Å². The van der Waals surface area contributed by atoms with Crippen molar-refractivity contribution in [1.29, 1.82) is 0 Å². The highest BCUT2D eigenvalue weighted by Gasteiger charge is 2.53. The van der Waals surface area contributed by atoms with Crippen molar-refractivity contribution in [3.63, 3.8) is 0 Å². The van der Waals surface area contributed by atoms with E-state index in [0.29, 0.717) is 12.5 Å². The Labute approximate surface area is 146 Å². The predicted octanol–water partition coefficient (Wildman–Crippen LogP) is 0.229. The van der Waals surface area contributed by atoms with Gasteiger partial charge in [0.1, 0.15) is 0 Å². The van der Waals surface area contributed by atoms with E-state index in [2.05, 4.69) is 15.2 Å². The average molecular weight is 345 g/mol. The van der Waals surface area contributed by atoms with Crippen LogP contribution >= 0.6 is 0 Å². The summed E-state index contributed by atoms with van der Waals surface area (Å²) in [6.07, 6.45) is 6.71. The average Bonchev–Trinajstić information content (AvgIpc) is 2.87. The lowest BCUT2D eigenvalue weighted by Gasteiger charge is -2.43. The molecule has 9 heteroatoms. The fraction of sp³-hybridized carbons (Fsp3) is 0.688. The molecule has 3 aliphatic rings. The zero-order valence-electron chi connectivity index (χ0n) is 14.4. The van der Waals surface area contributed by atoms with Gasteiger partial charge in [-0.15, -0.1) is 10.2 Å². The van der Waals surface area contributed by atoms with Crippen LogP contribution in [0.2, 0.25) is 0 Å². The van der Waals surface area contributed by atoms with Gasteiger partial charge in [-0.1, -0.05) is 0 Å². The van der Waals surface area contributed by atoms with E-state index in [1.807, 2.05) is 21.7 Å². The molecule has 3 heterocycles. The number of amides is 3. The van der Waals surface area contributed by atoms with Crippen molar-refractivity contribution in [2.45, 2.75) is 43.7 Å². The molecule has 1 saturated carbocycles. The number of aromatic nitrogens is 3. The first-order valence-electron chi connectivity index (χ1n) is 8.79. The summed E-state index contributed by atoms with van der Waals surface area (Å²) in [5, 5.41) is 7.86. The molecule has 1 spiro atoms. The molecule has 0 aromatic carbocycles. The summed E-state index contributed by atoms with van der Waals surface area (Å²) in [7, 11) is 1.93. The van der Waals surface area contributed by atoms with E-state index in [4.69, 9.17) is 5.73 Å². The van der Waals surface area contributed by atoms with Crippen molar-refractivity contribution in [2.75, 3.05) is 31.6 Å². The van der Waals surface area contributed by atoms with Gasteiger partial charge in [-0.05, 0) is 32.1 Å². The van der Waals surface area contributed by atoms with Crippen LogP contribution in [0.15, 0.2) is 6.20 Å². The Bertz CT molecular complexity index is 688. The van der Waals surface area contributed by atoms with Gasteiger partial charge in [-0.2, -0.15) is 0 Å². The largest absolute Gasteiger partial charge is 0.364 e. The van der Waals surface area contributed by atoms with E-state index in [9.17, 15) is 9.59 Å². The molecule has 1 atom stereocenters. The molecule has 2 N–H and O–H groups in total. The smallest absolute Gasteiger partial charge is 0.320 e. The Hall–Kier alpha value is -2.45. The number of nitrogens with zero attached hydrogens (tertiary/aromatic N) is 6. The highest BCUT2D eigenvalue weighted by Crippen LogP contribution is 2.43. The molecule has 0 bridgehead atoms. The first kappa shape index (κ1) is 16.0. The number of urea groups is 1. The molecule has 2 saturated heterocycles. The minimum atomic E-state index is -0.639. The molecule has 9 nitrogen and oxygen atoms in total. The molecule has 3 amide bonds. The fourth-order valence-corrected chi connectivity index (χ4v) is 4.17. The molecule has 1 aromatic heterocycles. The quantitative estimate of drug-likeness (QED) is 0.840. The monoisotopic (exact) mass is 345 g/mol. The molecule has 1 aromatic rings. The number of primary amides is 1. The number of hydrogen-bond acceptors (Lipinski definition) is 6. The van der Waals surface area contributed by atoms with Gasteiger partial charge in [0, 0.05) is 26.7 Å². The van der Waals surface area contributed by atoms with Crippen LogP contribution in [0.1, 0.15) is 42.6 Å². The number of piperidine rings is 1. The van der Waals surface area contributed by atoms with Crippen LogP contribution in [-0.2, 0) is 0 Å². The van der Waals surface area contributed by atoms with Crippen molar-refractivity contribution in [2.24, 2.45) is 5.73 Å². The van der Waals surface area contributed by atoms with Crippen LogP contribution in [0.4, 0.5) is 10.7 Å². The second-order valence-corrected chi connectivity index (χ2v) is 7.30. The molecule has 134 valence electrons. The van der Waals surface area contributed by atoms with Gasteiger partial charge in [-0.25, -0.2) is 9.78 Å². The zero-order valence-corrected chi connectivity index (χ0v) is 14.4. The first-order valence-corrected chi connectivity index (χ1v) is 8.79. The Morgan fingerprint density at radius 3 is 2.68 bits per heavy atom. The van der Waals surface area contributed by atoms with E-state index in [1.165, 1.54) is 12.6 Å². The van der Waals surface area contributed by atoms with E-state index < -0.39 is 5.91 Å². The van der Waals surface area contributed by atoms with Crippen molar-refractivity contribution in [3.8, 4) is 0 Å². The minimum Gasteiger partial charge on any atom is -0.364 e. The van der Waals surface area contributed by atoms with Crippen LogP contribution in [0.3, 0.4) is 0 Å². The van der Waals surface area contributed by atoms with Gasteiger partial charge >= 0.3 is 6.03 Å². The maximum Gasteiger partial charge on any atom is 0.320 e. The number of nitrogens with two attached hydrogens (primary N) is 1. The maximum absolute atomic E-state index is 12.7. The van der Waals surface area contributed by atoms with Crippen molar-refractivity contribution >= 4 is 17.9 Å². The van der Waals surface area contributed by atoms with Gasteiger partial charge in [-0.3, -0.25) is 4.79 Å². The van der Waals surface area contributed by atoms with Crippen LogP contribution in [0, 0.1) is 0 Å². The second kappa shape index (κ2) is 5.82. The fourth-order valence-electron chi connectivity index (χ4n) is 4.17. The molecule has 1 unspecified atom stereocenters. The minimum absolute atomic E-state index is 0.0561. The predicted molar refractivity (Wildman–Crippen MR) is 90.0 cm³/mol. The molecule has 3 fully saturated rings. The van der Waals surface area contributed by atoms with E-state index in [1.54, 1.807) is 0 Å². The lowest BCUT2D eigenvalue weighted by atomic mass is 9.76. The summed E-state index contributed by atoms with van der Waals surface area (Å²) >= 11 is 0. The van der Waals surface area contributed by atoms with Crippen molar-refractivity contribution in [1.82, 2.24) is 25.0 Å². The summed E-state index contributed by atoms with van der Waals surface area (Å²) in [5.74, 6) is -0.160. The summed E-state index contributed by atoms with van der Waals surface area (Å²) in [6, 6.07) is 0.290. The Kier molecular flexibility index (Phi) is 3.73. The van der Waals surface area contributed by atoms with Crippen molar-refractivity contribution < 1.29 is 9.59 Å². The molecule has 25 heavy (non-hydrogen) atoms. The number of hydrogen-bond donors (Lipinski definition) is 1. The standard InChI is InChI=1S/C16H23N7O2/c1-21-15(25)23(10-16(21)5-3-6-16)11-4-2-7-22(9-11)14-18-8-12(13(17)24)19-20-14/h8,11H,2-7,9-10H2,1H3,(H2,17,24). The Balaban J connectivity index is 1.48. The first-order chi connectivity index (χ1) is 12.0. The summed E-state index contributed by atoms with van der Waals surface area (Å²) in [4.78, 5) is 34.0. The normalized spacial score (nSPS) is 25.4. The third kappa shape index (κ3) is 2.58. The van der Waals surface area contributed by atoms with E-state index in [0.717, 1.165) is 38.8 Å². The van der Waals surface area contributed by atoms with Gasteiger partial charge in [0.05, 0.1) is 17.8 Å². The molecule has 4 rings (SSSR count). The molecular formula is C16H23N7O2. The highest BCUT2D eigenvalue weighted by molar-refractivity contribution is 5.90. The van der Waals surface area contributed by atoms with Crippen LogP contribution in [0.25, 0.3) is 0 Å². The third-order valence-corrected chi connectivity index (χ3v) is 5.92. The van der Waals surface area contributed by atoms with Gasteiger partial charge < -0.3 is 20.4 Å². The number of anilines is 1. The number of carbonyl (C=O) groups is 2. The lowest BCUT2D eigenvalue weighted by molar-refractivity contribution is 0.0994. The SMILES string of the molecule is CN1C(=O)N(C2CCCN(c3ncc(C(N)=O)nn3)C2)CC12CCC2. The molecule has 2 aliphatic heterocycles. The Morgan fingerprint density at radius 2 is 2.12 bits per heavy atom. The molecule has 1 aliphatic carbocycles. The number of rotatable bonds is 3. The number of likely N-dealkylation sites (N-methyl/N-ethyl adjacent to an activating group) is 1. The van der Waals surface area contributed by atoms with E-state index >= 15 is 0 Å². The van der Waals surface area contributed by atoms with E-state index in [-0.39, 0.29) is 23.3 Å². The van der Waals surface area contributed by atoms with Gasteiger partial charge in [0.15, 0.2) is 5.69 Å². The van der Waals surface area contributed by atoms with Crippen LogP contribution in [0.5, 0.6) is 0 Å². The van der Waals surface area contributed by atoms with Crippen LogP contribution < -0.4 is 10.6 Å². The maximum atomic E-state index is 12.7. The van der Waals surface area contributed by atoms with Crippen molar-refractivity contribution in [3.05, 3.63) is 11.9 Å². The zero-order chi connectivity index (χ0) is 17.6. The van der Waals surface area contributed by atoms with Gasteiger partial charge in [0.2, 0.25) is 5.95 Å². The summed E-state index contributed by atoms with van der Waals surface area (Å²) < 4.78 is 0. The van der Waals surface area contributed by atoms with Gasteiger partial charge in [0.25, 0.3) is 5.91 Å². The van der Waals surface area contributed by atoms with Crippen LogP contribution in [-0.4, -0.2) is 75.2 Å². The summed E-state index contributed by atoms with van der Waals surface area (Å²) in [6.45, 7) is 2.32. The molecule has 0 radical (unpaired) electrons. The number of carbonyl (C=O) groups excluding carboxylic acids is 2. The highest BCUT2D eigenvalue weighted by atomic mass is 16.2. The Morgan fingerprint density at radius 1 is 1.32 bits per heavy atom. The third-order valence-electron chi connectivity index (χ3n) is 5.92. The second-order valence-electron chi connectivity index (χ2n) is 7.30. The molecular weight excluding hydrogens is 322 g/mol. The summed E-state index contributed by atoms with van der Waals surface area (Å²) in [5.41, 5.74) is 5.29.